The van der Waals surface area contributed by atoms with E-state index in [4.69, 9.17) is 4.74 Å². The van der Waals surface area contributed by atoms with Gasteiger partial charge in [0.05, 0.1) is 13.2 Å². The van der Waals surface area contributed by atoms with E-state index >= 15 is 0 Å². The Kier molecular flexibility index (Phi) is 7.12. The summed E-state index contributed by atoms with van der Waals surface area (Å²) >= 11 is 0. The van der Waals surface area contributed by atoms with Crippen LogP contribution in [0.3, 0.4) is 0 Å². The first kappa shape index (κ1) is 17.9. The molecule has 0 aromatic carbocycles. The number of methoxy groups -OCH3 is 1. The van der Waals surface area contributed by atoms with Crippen molar-refractivity contribution in [3.8, 4) is 5.75 Å². The quantitative estimate of drug-likeness (QED) is 0.758. The van der Waals surface area contributed by atoms with E-state index in [0.717, 1.165) is 37.3 Å². The molecule has 0 spiro atoms. The number of aromatic nitrogens is 1. The Morgan fingerprint density at radius 2 is 1.95 bits per heavy atom. The number of hydrogen-bond donors (Lipinski definition) is 1. The summed E-state index contributed by atoms with van der Waals surface area (Å²) in [5.74, 6) is 0.860. The number of ether oxygens (including phenoxy) is 1. The Morgan fingerprint density at radius 3 is 2.43 bits per heavy atom. The van der Waals surface area contributed by atoms with Gasteiger partial charge in [-0.2, -0.15) is 0 Å². The third kappa shape index (κ3) is 3.74. The second kappa shape index (κ2) is 8.35. The van der Waals surface area contributed by atoms with Gasteiger partial charge < -0.3 is 15.0 Å². The van der Waals surface area contributed by atoms with Gasteiger partial charge >= 0.3 is 0 Å². The van der Waals surface area contributed by atoms with Crippen LogP contribution >= 0.6 is 0 Å². The molecule has 0 fully saturated rings. The van der Waals surface area contributed by atoms with Crippen LogP contribution in [0.1, 0.15) is 51.8 Å². The monoisotopic (exact) mass is 293 g/mol. The van der Waals surface area contributed by atoms with Crippen LogP contribution in [-0.2, 0) is 0 Å². The Bertz CT molecular complexity index is 416. The largest absolute Gasteiger partial charge is 0.495 e. The summed E-state index contributed by atoms with van der Waals surface area (Å²) in [5, 5.41) is 3.70. The van der Waals surface area contributed by atoms with Gasteiger partial charge in [-0.3, -0.25) is 4.98 Å². The van der Waals surface area contributed by atoms with Crippen LogP contribution in [0.5, 0.6) is 5.75 Å². The van der Waals surface area contributed by atoms with Gasteiger partial charge in [0.15, 0.2) is 0 Å². The molecule has 0 aliphatic heterocycles. The molecule has 0 radical (unpaired) electrons. The fraction of sp³-hybridized carbons (Fsp3) is 0.706. The molecule has 1 atom stereocenters. The third-order valence-corrected chi connectivity index (χ3v) is 4.54. The number of pyridine rings is 1. The van der Waals surface area contributed by atoms with Gasteiger partial charge in [0, 0.05) is 11.7 Å². The van der Waals surface area contributed by atoms with Crippen molar-refractivity contribution in [1.82, 2.24) is 15.2 Å². The van der Waals surface area contributed by atoms with E-state index in [2.05, 4.69) is 50.1 Å². The first-order valence-corrected chi connectivity index (χ1v) is 7.97. The Hall–Kier alpha value is -1.13. The average molecular weight is 293 g/mol. The first-order valence-electron chi connectivity index (χ1n) is 7.97. The molecule has 4 nitrogen and oxygen atoms in total. The lowest BCUT2D eigenvalue weighted by Gasteiger charge is -2.45. The predicted octanol–water partition coefficient (Wildman–Crippen LogP) is 3.25. The minimum Gasteiger partial charge on any atom is -0.495 e. The second-order valence-corrected chi connectivity index (χ2v) is 5.68. The van der Waals surface area contributed by atoms with E-state index in [1.54, 1.807) is 7.11 Å². The van der Waals surface area contributed by atoms with Gasteiger partial charge in [-0.1, -0.05) is 20.8 Å². The van der Waals surface area contributed by atoms with E-state index < -0.39 is 0 Å². The van der Waals surface area contributed by atoms with E-state index in [-0.39, 0.29) is 11.6 Å². The summed E-state index contributed by atoms with van der Waals surface area (Å²) in [7, 11) is 6.03. The highest BCUT2D eigenvalue weighted by molar-refractivity contribution is 5.32. The fourth-order valence-electron chi connectivity index (χ4n) is 3.17. The van der Waals surface area contributed by atoms with Crippen molar-refractivity contribution in [3.63, 3.8) is 0 Å². The highest BCUT2D eigenvalue weighted by atomic mass is 16.5. The van der Waals surface area contributed by atoms with Crippen LogP contribution in [0, 0.1) is 0 Å². The zero-order valence-corrected chi connectivity index (χ0v) is 14.4. The van der Waals surface area contributed by atoms with E-state index in [1.165, 1.54) is 0 Å². The maximum atomic E-state index is 5.55. The van der Waals surface area contributed by atoms with Gasteiger partial charge in [0.1, 0.15) is 11.4 Å². The minimum atomic E-state index is 0.0246. The summed E-state index contributed by atoms with van der Waals surface area (Å²) in [6.45, 7) is 7.66. The number of likely N-dealkylation sites (N-methyl/N-ethyl adjacent to an activating group) is 1. The summed E-state index contributed by atoms with van der Waals surface area (Å²) in [6.07, 6.45) is 5.06. The van der Waals surface area contributed by atoms with Crippen molar-refractivity contribution < 1.29 is 4.74 Å². The number of hydrogen-bond acceptors (Lipinski definition) is 4. The lowest BCUT2D eigenvalue weighted by molar-refractivity contribution is 0.0849. The number of rotatable bonds is 9. The average Bonchev–Trinajstić information content (AvgIpc) is 2.51. The zero-order valence-electron chi connectivity index (χ0n) is 14.4. The topological polar surface area (TPSA) is 37.4 Å². The molecule has 0 bridgehead atoms. The van der Waals surface area contributed by atoms with Crippen LogP contribution in [-0.4, -0.2) is 43.2 Å². The SMILES string of the molecule is CCCNC(c1ncccc1OC)C(CC)(CC)N(C)C. The molecule has 1 heterocycles. The Morgan fingerprint density at radius 1 is 1.29 bits per heavy atom. The molecule has 1 unspecified atom stereocenters. The molecule has 1 aromatic heterocycles. The molecule has 0 aliphatic carbocycles. The molecule has 4 heteroatoms. The van der Waals surface area contributed by atoms with Crippen molar-refractivity contribution in [2.24, 2.45) is 0 Å². The van der Waals surface area contributed by atoms with Crippen LogP contribution in [0.2, 0.25) is 0 Å². The Labute approximate surface area is 129 Å². The van der Waals surface area contributed by atoms with Gasteiger partial charge in [-0.05, 0) is 52.0 Å². The predicted molar refractivity (Wildman–Crippen MR) is 88.8 cm³/mol. The molecule has 1 N–H and O–H groups in total. The summed E-state index contributed by atoms with van der Waals surface area (Å²) < 4.78 is 5.55. The van der Waals surface area contributed by atoms with Crippen molar-refractivity contribution >= 4 is 0 Å². The maximum Gasteiger partial charge on any atom is 0.142 e. The highest BCUT2D eigenvalue weighted by Crippen LogP contribution is 2.38. The normalized spacial score (nSPS) is 13.5. The Balaban J connectivity index is 3.32. The molecule has 0 saturated carbocycles. The fourth-order valence-corrected chi connectivity index (χ4v) is 3.17. The molecule has 1 rings (SSSR count). The molecule has 1 aromatic rings. The van der Waals surface area contributed by atoms with Crippen molar-refractivity contribution in [2.75, 3.05) is 27.7 Å². The molecular formula is C17H31N3O. The molecule has 0 amide bonds. The smallest absolute Gasteiger partial charge is 0.142 e. The minimum absolute atomic E-state index is 0.0246. The van der Waals surface area contributed by atoms with Gasteiger partial charge in [-0.15, -0.1) is 0 Å². The summed E-state index contributed by atoms with van der Waals surface area (Å²) in [4.78, 5) is 6.96. The lowest BCUT2D eigenvalue weighted by Crippen LogP contribution is -2.53. The highest BCUT2D eigenvalue weighted by Gasteiger charge is 2.40. The van der Waals surface area contributed by atoms with E-state index in [9.17, 15) is 0 Å². The van der Waals surface area contributed by atoms with E-state index in [1.807, 2.05) is 18.3 Å². The second-order valence-electron chi connectivity index (χ2n) is 5.68. The van der Waals surface area contributed by atoms with E-state index in [0.29, 0.717) is 0 Å². The number of nitrogens with one attached hydrogen (secondary N) is 1. The van der Waals surface area contributed by atoms with Crippen LogP contribution in [0.4, 0.5) is 0 Å². The van der Waals surface area contributed by atoms with Crippen LogP contribution < -0.4 is 10.1 Å². The van der Waals surface area contributed by atoms with Gasteiger partial charge in [-0.25, -0.2) is 0 Å². The zero-order chi connectivity index (χ0) is 15.9. The molecule has 0 aliphatic rings. The van der Waals surface area contributed by atoms with Crippen LogP contribution in [0.15, 0.2) is 18.3 Å². The molecule has 0 saturated heterocycles. The third-order valence-electron chi connectivity index (χ3n) is 4.54. The van der Waals surface area contributed by atoms with Crippen LogP contribution in [0.25, 0.3) is 0 Å². The molecule has 120 valence electrons. The van der Waals surface area contributed by atoms with Gasteiger partial charge in [0.25, 0.3) is 0 Å². The molecule has 21 heavy (non-hydrogen) atoms. The maximum absolute atomic E-state index is 5.55. The lowest BCUT2D eigenvalue weighted by atomic mass is 9.81. The standard InChI is InChI=1S/C17H31N3O/c1-7-12-19-16(17(8-2,9-3)20(4)5)15-14(21-6)11-10-13-18-15/h10-11,13,16,19H,7-9,12H2,1-6H3. The van der Waals surface area contributed by atoms with Gasteiger partial charge in [0.2, 0.25) is 0 Å². The van der Waals surface area contributed by atoms with Crippen molar-refractivity contribution in [2.45, 2.75) is 51.6 Å². The molecular weight excluding hydrogens is 262 g/mol. The summed E-state index contributed by atoms with van der Waals surface area (Å²) in [5.41, 5.74) is 1.03. The first-order chi connectivity index (χ1) is 10.1. The summed E-state index contributed by atoms with van der Waals surface area (Å²) in [6, 6.07) is 4.07. The number of nitrogens with zero attached hydrogens (tertiary/aromatic N) is 2. The van der Waals surface area contributed by atoms with Crippen molar-refractivity contribution in [1.29, 1.82) is 0 Å². The van der Waals surface area contributed by atoms with Crippen molar-refractivity contribution in [3.05, 3.63) is 24.0 Å².